The van der Waals surface area contributed by atoms with Crippen molar-refractivity contribution in [1.29, 1.82) is 0 Å². The summed E-state index contributed by atoms with van der Waals surface area (Å²) < 4.78 is 0. The number of aromatic nitrogens is 1. The van der Waals surface area contributed by atoms with Crippen LogP contribution in [0.25, 0.3) is 0 Å². The van der Waals surface area contributed by atoms with Gasteiger partial charge in [0, 0.05) is 35.0 Å². The van der Waals surface area contributed by atoms with E-state index in [1.54, 1.807) is 6.07 Å². The molecule has 1 heterocycles. The second-order valence-electron chi connectivity index (χ2n) is 4.15. The molecular weight excluding hydrogens is 267 g/mol. The lowest BCUT2D eigenvalue weighted by Gasteiger charge is -2.07. The van der Waals surface area contributed by atoms with Crippen molar-refractivity contribution in [3.8, 4) is 0 Å². The van der Waals surface area contributed by atoms with Gasteiger partial charge in [0.1, 0.15) is 0 Å². The van der Waals surface area contributed by atoms with Gasteiger partial charge < -0.3 is 5.32 Å². The molecule has 0 atom stereocenters. The van der Waals surface area contributed by atoms with Crippen molar-refractivity contribution in [3.63, 3.8) is 0 Å². The smallest absolute Gasteiger partial charge is 0.0451 e. The Balaban J connectivity index is 1.92. The highest BCUT2D eigenvalue weighted by molar-refractivity contribution is 6.33. The monoisotopic (exact) mass is 280 g/mol. The molecule has 0 radical (unpaired) electrons. The molecule has 0 unspecified atom stereocenters. The molecule has 0 amide bonds. The molecular formula is C14H14Cl2N2. The van der Waals surface area contributed by atoms with Crippen LogP contribution in [-0.4, -0.2) is 4.98 Å². The number of nitrogens with zero attached hydrogens (tertiary/aromatic N) is 1. The topological polar surface area (TPSA) is 24.9 Å². The summed E-state index contributed by atoms with van der Waals surface area (Å²) in [7, 11) is 0. The standard InChI is InChI=1S/C14H14Cl2N2/c1-10-2-3-11(8-18-10)7-17-9-12-6-13(15)4-5-14(12)16/h2-6,8,17H,7,9H2,1H3. The molecule has 2 nitrogen and oxygen atoms in total. The van der Waals surface area contributed by atoms with E-state index in [1.807, 2.05) is 31.3 Å². The van der Waals surface area contributed by atoms with Gasteiger partial charge in [-0.2, -0.15) is 0 Å². The van der Waals surface area contributed by atoms with Crippen LogP contribution < -0.4 is 5.32 Å². The minimum absolute atomic E-state index is 0.688. The number of hydrogen-bond acceptors (Lipinski definition) is 2. The Morgan fingerprint density at radius 3 is 2.67 bits per heavy atom. The summed E-state index contributed by atoms with van der Waals surface area (Å²) in [5.41, 5.74) is 3.18. The van der Waals surface area contributed by atoms with Gasteiger partial charge in [-0.15, -0.1) is 0 Å². The molecule has 0 spiro atoms. The first kappa shape index (κ1) is 13.3. The van der Waals surface area contributed by atoms with Crippen molar-refractivity contribution in [3.05, 3.63) is 63.4 Å². The predicted octanol–water partition coefficient (Wildman–Crippen LogP) is 3.99. The highest BCUT2D eigenvalue weighted by Gasteiger charge is 2.01. The molecule has 1 N–H and O–H groups in total. The maximum Gasteiger partial charge on any atom is 0.0451 e. The number of halogens is 2. The van der Waals surface area contributed by atoms with E-state index in [9.17, 15) is 0 Å². The number of nitrogens with one attached hydrogen (secondary N) is 1. The van der Waals surface area contributed by atoms with Crippen LogP contribution in [0, 0.1) is 6.92 Å². The van der Waals surface area contributed by atoms with Gasteiger partial charge in [0.2, 0.25) is 0 Å². The first-order valence-corrected chi connectivity index (χ1v) is 6.47. The minimum Gasteiger partial charge on any atom is -0.309 e. The van der Waals surface area contributed by atoms with Crippen LogP contribution in [0.5, 0.6) is 0 Å². The average molecular weight is 281 g/mol. The third-order valence-electron chi connectivity index (χ3n) is 2.62. The second-order valence-corrected chi connectivity index (χ2v) is 4.99. The van der Waals surface area contributed by atoms with Crippen LogP contribution in [0.15, 0.2) is 36.5 Å². The molecule has 1 aromatic carbocycles. The zero-order chi connectivity index (χ0) is 13.0. The minimum atomic E-state index is 0.688. The molecule has 2 aromatic rings. The molecule has 1 aromatic heterocycles. The van der Waals surface area contributed by atoms with Gasteiger partial charge in [0.05, 0.1) is 0 Å². The number of benzene rings is 1. The molecule has 0 bridgehead atoms. The van der Waals surface area contributed by atoms with E-state index in [4.69, 9.17) is 23.2 Å². The quantitative estimate of drug-likeness (QED) is 0.916. The van der Waals surface area contributed by atoms with Crippen molar-refractivity contribution in [1.82, 2.24) is 10.3 Å². The summed E-state index contributed by atoms with van der Waals surface area (Å²) in [5, 5.41) is 4.75. The molecule has 4 heteroatoms. The van der Waals surface area contributed by atoms with E-state index in [2.05, 4.69) is 16.4 Å². The highest BCUT2D eigenvalue weighted by atomic mass is 35.5. The summed E-state index contributed by atoms with van der Waals surface area (Å²) in [5.74, 6) is 0. The zero-order valence-corrected chi connectivity index (χ0v) is 11.6. The zero-order valence-electron chi connectivity index (χ0n) is 10.1. The number of hydrogen-bond donors (Lipinski definition) is 1. The normalized spacial score (nSPS) is 10.6. The van der Waals surface area contributed by atoms with E-state index in [0.29, 0.717) is 11.6 Å². The van der Waals surface area contributed by atoms with E-state index in [-0.39, 0.29) is 0 Å². The van der Waals surface area contributed by atoms with Crippen molar-refractivity contribution in [2.75, 3.05) is 0 Å². The Hall–Kier alpha value is -1.09. The van der Waals surface area contributed by atoms with Crippen molar-refractivity contribution in [2.45, 2.75) is 20.0 Å². The van der Waals surface area contributed by atoms with Gasteiger partial charge in [0.15, 0.2) is 0 Å². The fraction of sp³-hybridized carbons (Fsp3) is 0.214. The maximum absolute atomic E-state index is 6.09. The Morgan fingerprint density at radius 1 is 1.11 bits per heavy atom. The SMILES string of the molecule is Cc1ccc(CNCc2cc(Cl)ccc2Cl)cn1. The van der Waals surface area contributed by atoms with Crippen LogP contribution in [0.4, 0.5) is 0 Å². The van der Waals surface area contributed by atoms with E-state index in [1.165, 1.54) is 0 Å². The molecule has 94 valence electrons. The fourth-order valence-electron chi connectivity index (χ4n) is 1.62. The molecule has 0 saturated heterocycles. The Kier molecular flexibility index (Phi) is 4.59. The molecule has 0 saturated carbocycles. The molecule has 0 aliphatic carbocycles. The first-order valence-electron chi connectivity index (χ1n) is 5.71. The summed E-state index contributed by atoms with van der Waals surface area (Å²) in [6.45, 7) is 3.42. The lowest BCUT2D eigenvalue weighted by molar-refractivity contribution is 0.691. The molecule has 18 heavy (non-hydrogen) atoms. The summed E-state index contributed by atoms with van der Waals surface area (Å²) in [4.78, 5) is 4.25. The first-order chi connectivity index (χ1) is 8.65. The van der Waals surface area contributed by atoms with Crippen LogP contribution in [-0.2, 0) is 13.1 Å². The van der Waals surface area contributed by atoms with Crippen LogP contribution in [0.3, 0.4) is 0 Å². The second kappa shape index (κ2) is 6.19. The van der Waals surface area contributed by atoms with Crippen LogP contribution in [0.2, 0.25) is 10.0 Å². The largest absolute Gasteiger partial charge is 0.309 e. The highest BCUT2D eigenvalue weighted by Crippen LogP contribution is 2.20. The Labute approximate surface area is 117 Å². The van der Waals surface area contributed by atoms with Gasteiger partial charge in [-0.1, -0.05) is 29.3 Å². The van der Waals surface area contributed by atoms with Crippen molar-refractivity contribution in [2.24, 2.45) is 0 Å². The van der Waals surface area contributed by atoms with Crippen molar-refractivity contribution >= 4 is 23.2 Å². The van der Waals surface area contributed by atoms with Gasteiger partial charge in [-0.25, -0.2) is 0 Å². The Morgan fingerprint density at radius 2 is 1.94 bits per heavy atom. The van der Waals surface area contributed by atoms with E-state index >= 15 is 0 Å². The third-order valence-corrected chi connectivity index (χ3v) is 3.23. The molecule has 0 aliphatic heterocycles. The van der Waals surface area contributed by atoms with E-state index in [0.717, 1.165) is 28.4 Å². The van der Waals surface area contributed by atoms with Crippen LogP contribution in [0.1, 0.15) is 16.8 Å². The lowest BCUT2D eigenvalue weighted by atomic mass is 10.2. The lowest BCUT2D eigenvalue weighted by Crippen LogP contribution is -2.13. The average Bonchev–Trinajstić information content (AvgIpc) is 2.36. The number of rotatable bonds is 4. The van der Waals surface area contributed by atoms with Crippen molar-refractivity contribution < 1.29 is 0 Å². The summed E-state index contributed by atoms with van der Waals surface area (Å²) in [6.07, 6.45) is 1.88. The third kappa shape index (κ3) is 3.70. The number of aryl methyl sites for hydroxylation is 1. The van der Waals surface area contributed by atoms with Gasteiger partial charge in [0.25, 0.3) is 0 Å². The number of pyridine rings is 1. The van der Waals surface area contributed by atoms with Gasteiger partial charge >= 0.3 is 0 Å². The van der Waals surface area contributed by atoms with Gasteiger partial charge in [-0.05, 0) is 42.3 Å². The summed E-state index contributed by atoms with van der Waals surface area (Å²) >= 11 is 12.0. The van der Waals surface area contributed by atoms with E-state index < -0.39 is 0 Å². The molecule has 0 fully saturated rings. The molecule has 0 aliphatic rings. The summed E-state index contributed by atoms with van der Waals surface area (Å²) in [6, 6.07) is 9.55. The Bertz CT molecular complexity index is 524. The van der Waals surface area contributed by atoms with Gasteiger partial charge in [-0.3, -0.25) is 4.98 Å². The predicted molar refractivity (Wildman–Crippen MR) is 76.0 cm³/mol. The molecule has 2 rings (SSSR count). The maximum atomic E-state index is 6.09. The fourth-order valence-corrected chi connectivity index (χ4v) is 2.00. The van der Waals surface area contributed by atoms with Crippen LogP contribution >= 0.6 is 23.2 Å².